The van der Waals surface area contributed by atoms with Crippen LogP contribution in [0.4, 0.5) is 5.69 Å². The van der Waals surface area contributed by atoms with Gasteiger partial charge in [-0.1, -0.05) is 46.9 Å². The van der Waals surface area contributed by atoms with Gasteiger partial charge in [-0.2, -0.15) is 0 Å². The molecular formula is C15H9Cl3N2O. The minimum atomic E-state index is -0.200. The van der Waals surface area contributed by atoms with Crippen LogP contribution in [0.5, 0.6) is 0 Å². The molecule has 0 atom stereocenters. The van der Waals surface area contributed by atoms with Crippen LogP contribution in [0.2, 0.25) is 15.1 Å². The third kappa shape index (κ3) is 2.38. The number of hydrogen-bond donors (Lipinski definition) is 2. The normalized spacial score (nSPS) is 11.0. The Hall–Kier alpha value is -1.68. The minimum absolute atomic E-state index is 0.200. The zero-order valence-electron chi connectivity index (χ0n) is 10.6. The number of carbonyl (C=O) groups is 1. The van der Waals surface area contributed by atoms with E-state index >= 15 is 0 Å². The summed E-state index contributed by atoms with van der Waals surface area (Å²) in [7, 11) is 0. The van der Waals surface area contributed by atoms with Crippen LogP contribution in [0, 0.1) is 0 Å². The fourth-order valence-corrected chi connectivity index (χ4v) is 2.77. The number of aromatic nitrogens is 1. The van der Waals surface area contributed by atoms with Crippen LogP contribution in [-0.4, -0.2) is 10.8 Å². The van der Waals surface area contributed by atoms with Gasteiger partial charge < -0.3 is 10.7 Å². The summed E-state index contributed by atoms with van der Waals surface area (Å²) in [6, 6.07) is 8.39. The maximum atomic E-state index is 12.6. The van der Waals surface area contributed by atoms with E-state index in [4.69, 9.17) is 40.5 Å². The lowest BCUT2D eigenvalue weighted by atomic mass is 10.0. The van der Waals surface area contributed by atoms with E-state index in [0.717, 1.165) is 10.9 Å². The monoisotopic (exact) mass is 338 g/mol. The van der Waals surface area contributed by atoms with Gasteiger partial charge >= 0.3 is 0 Å². The smallest absolute Gasteiger partial charge is 0.195 e. The number of aromatic amines is 1. The number of rotatable bonds is 2. The van der Waals surface area contributed by atoms with E-state index in [1.807, 2.05) is 6.07 Å². The fraction of sp³-hybridized carbons (Fsp3) is 0. The van der Waals surface area contributed by atoms with Gasteiger partial charge in [-0.05, 0) is 18.2 Å². The number of fused-ring (bicyclic) bond motifs is 1. The van der Waals surface area contributed by atoms with Crippen molar-refractivity contribution in [2.24, 2.45) is 0 Å². The fourth-order valence-electron chi connectivity index (χ4n) is 2.20. The zero-order chi connectivity index (χ0) is 15.1. The molecule has 1 aromatic heterocycles. The highest BCUT2D eigenvalue weighted by molar-refractivity contribution is 6.44. The molecule has 106 valence electrons. The third-order valence-electron chi connectivity index (χ3n) is 3.23. The summed E-state index contributed by atoms with van der Waals surface area (Å²) in [5, 5.41) is 1.80. The molecule has 0 aliphatic rings. The first-order chi connectivity index (χ1) is 9.99. The number of H-pyrrole nitrogens is 1. The molecule has 0 amide bonds. The van der Waals surface area contributed by atoms with E-state index in [0.29, 0.717) is 16.1 Å². The SMILES string of the molecule is Nc1cc(C(=O)c2c[nH]c3c(Cl)cccc23)cc(Cl)c1Cl. The Morgan fingerprint density at radius 3 is 2.57 bits per heavy atom. The summed E-state index contributed by atoms with van der Waals surface area (Å²) >= 11 is 18.0. The van der Waals surface area contributed by atoms with Crippen molar-refractivity contribution in [3.8, 4) is 0 Å². The molecule has 3 aromatic rings. The van der Waals surface area contributed by atoms with Crippen LogP contribution in [0.3, 0.4) is 0 Å². The Bertz CT molecular complexity index is 847. The second-order valence-corrected chi connectivity index (χ2v) is 5.75. The number of benzene rings is 2. The quantitative estimate of drug-likeness (QED) is 0.513. The Labute approximate surface area is 135 Å². The second-order valence-electron chi connectivity index (χ2n) is 4.56. The lowest BCUT2D eigenvalue weighted by Gasteiger charge is -2.05. The molecule has 3 rings (SSSR count). The summed E-state index contributed by atoms with van der Waals surface area (Å²) in [5.41, 5.74) is 7.62. The third-order valence-corrected chi connectivity index (χ3v) is 4.36. The Balaban J connectivity index is 2.15. The Kier molecular flexibility index (Phi) is 3.57. The molecule has 0 unspecified atom stereocenters. The number of anilines is 1. The van der Waals surface area contributed by atoms with Gasteiger partial charge in [0.05, 0.1) is 26.3 Å². The summed E-state index contributed by atoms with van der Waals surface area (Å²) in [6.07, 6.45) is 1.62. The van der Waals surface area contributed by atoms with Crippen molar-refractivity contribution < 1.29 is 4.79 Å². The number of ketones is 1. The molecule has 6 heteroatoms. The first-order valence-corrected chi connectivity index (χ1v) is 7.17. The van der Waals surface area contributed by atoms with Crippen molar-refractivity contribution in [3.63, 3.8) is 0 Å². The second kappa shape index (κ2) is 5.26. The molecule has 0 aliphatic heterocycles. The largest absolute Gasteiger partial charge is 0.397 e. The average molecular weight is 340 g/mol. The van der Waals surface area contributed by atoms with Gasteiger partial charge in [0.2, 0.25) is 0 Å². The molecule has 0 radical (unpaired) electrons. The van der Waals surface area contributed by atoms with Crippen LogP contribution in [0.1, 0.15) is 15.9 Å². The molecule has 3 nitrogen and oxygen atoms in total. The summed E-state index contributed by atoms with van der Waals surface area (Å²) in [4.78, 5) is 15.6. The van der Waals surface area contributed by atoms with Crippen LogP contribution >= 0.6 is 34.8 Å². The minimum Gasteiger partial charge on any atom is -0.397 e. The van der Waals surface area contributed by atoms with Gasteiger partial charge in [-0.3, -0.25) is 4.79 Å². The van der Waals surface area contributed by atoms with E-state index in [-0.39, 0.29) is 21.5 Å². The molecule has 3 N–H and O–H groups in total. The molecule has 0 fully saturated rings. The average Bonchev–Trinajstić information content (AvgIpc) is 2.89. The molecule has 0 saturated carbocycles. The lowest BCUT2D eigenvalue weighted by Crippen LogP contribution is -2.02. The number of nitrogens with two attached hydrogens (primary N) is 1. The van der Waals surface area contributed by atoms with E-state index in [1.54, 1.807) is 18.3 Å². The van der Waals surface area contributed by atoms with Gasteiger partial charge in [0.25, 0.3) is 0 Å². The first kappa shape index (κ1) is 14.3. The molecule has 0 aliphatic carbocycles. The van der Waals surface area contributed by atoms with Crippen molar-refractivity contribution in [3.05, 3.63) is 62.7 Å². The molecular weight excluding hydrogens is 331 g/mol. The van der Waals surface area contributed by atoms with Gasteiger partial charge in [0.15, 0.2) is 5.78 Å². The number of hydrogen-bond acceptors (Lipinski definition) is 2. The van der Waals surface area contributed by atoms with Crippen LogP contribution in [0.25, 0.3) is 10.9 Å². The van der Waals surface area contributed by atoms with Crippen molar-refractivity contribution in [2.45, 2.75) is 0 Å². The number of carbonyl (C=O) groups excluding carboxylic acids is 1. The predicted molar refractivity (Wildman–Crippen MR) is 87.6 cm³/mol. The summed E-state index contributed by atoms with van der Waals surface area (Å²) in [5.74, 6) is -0.200. The topological polar surface area (TPSA) is 58.9 Å². The number of para-hydroxylation sites is 1. The van der Waals surface area contributed by atoms with E-state index in [2.05, 4.69) is 4.98 Å². The Morgan fingerprint density at radius 2 is 1.86 bits per heavy atom. The van der Waals surface area contributed by atoms with Crippen molar-refractivity contribution in [1.29, 1.82) is 0 Å². The van der Waals surface area contributed by atoms with Crippen molar-refractivity contribution in [1.82, 2.24) is 4.98 Å². The maximum Gasteiger partial charge on any atom is 0.195 e. The summed E-state index contributed by atoms with van der Waals surface area (Å²) in [6.45, 7) is 0. The predicted octanol–water partition coefficient (Wildman–Crippen LogP) is 4.94. The van der Waals surface area contributed by atoms with E-state index < -0.39 is 0 Å². The highest BCUT2D eigenvalue weighted by Crippen LogP contribution is 2.32. The molecule has 0 saturated heterocycles. The van der Waals surface area contributed by atoms with Crippen molar-refractivity contribution in [2.75, 3.05) is 5.73 Å². The first-order valence-electron chi connectivity index (χ1n) is 6.04. The number of nitrogen functional groups attached to an aromatic ring is 1. The Morgan fingerprint density at radius 1 is 1.10 bits per heavy atom. The van der Waals surface area contributed by atoms with Crippen LogP contribution in [0.15, 0.2) is 36.5 Å². The standard InChI is InChI=1S/C15H9Cl3N2O/c16-10-3-1-2-8-9(6-20-14(8)10)15(21)7-4-11(17)13(18)12(19)5-7/h1-6,20H,19H2. The van der Waals surface area contributed by atoms with Gasteiger partial charge in [0, 0.05) is 22.7 Å². The van der Waals surface area contributed by atoms with E-state index in [1.165, 1.54) is 12.1 Å². The van der Waals surface area contributed by atoms with Crippen LogP contribution < -0.4 is 5.73 Å². The molecule has 21 heavy (non-hydrogen) atoms. The molecule has 0 spiro atoms. The van der Waals surface area contributed by atoms with Gasteiger partial charge in [-0.25, -0.2) is 0 Å². The molecule has 2 aromatic carbocycles. The molecule has 0 bridgehead atoms. The molecule has 1 heterocycles. The van der Waals surface area contributed by atoms with E-state index in [9.17, 15) is 4.79 Å². The lowest BCUT2D eigenvalue weighted by molar-refractivity contribution is 0.104. The number of halogens is 3. The van der Waals surface area contributed by atoms with Crippen molar-refractivity contribution >= 4 is 57.2 Å². The highest BCUT2D eigenvalue weighted by Gasteiger charge is 2.17. The number of nitrogens with one attached hydrogen (secondary N) is 1. The highest BCUT2D eigenvalue weighted by atomic mass is 35.5. The van der Waals surface area contributed by atoms with Crippen LogP contribution in [-0.2, 0) is 0 Å². The van der Waals surface area contributed by atoms with Gasteiger partial charge in [0.1, 0.15) is 0 Å². The zero-order valence-corrected chi connectivity index (χ0v) is 12.9. The van der Waals surface area contributed by atoms with Gasteiger partial charge in [-0.15, -0.1) is 0 Å². The maximum absolute atomic E-state index is 12.6. The summed E-state index contributed by atoms with van der Waals surface area (Å²) < 4.78 is 0.